The number of ether oxygens (including phenoxy) is 1. The van der Waals surface area contributed by atoms with Crippen molar-refractivity contribution in [3.63, 3.8) is 0 Å². The Labute approximate surface area is 105 Å². The average Bonchev–Trinajstić information content (AvgIpc) is 2.27. The molecule has 1 atom stereocenters. The zero-order chi connectivity index (χ0) is 11.8. The molecule has 0 heterocycles. The summed E-state index contributed by atoms with van der Waals surface area (Å²) in [7, 11) is 1.60. The second-order valence-corrected chi connectivity index (χ2v) is 4.62. The lowest BCUT2D eigenvalue weighted by Gasteiger charge is -2.10. The standard InChI is InChI=1S/C12H18BrNO2/c1-16-9-12(15)6-7-14-8-10-2-4-11(13)5-3-10/h2-5,12,14-15H,6-9H2,1H3. The van der Waals surface area contributed by atoms with Crippen LogP contribution in [0.4, 0.5) is 0 Å². The van der Waals surface area contributed by atoms with E-state index in [0.717, 1.165) is 17.6 Å². The molecule has 0 spiro atoms. The highest BCUT2D eigenvalue weighted by Gasteiger charge is 2.01. The number of halogens is 1. The van der Waals surface area contributed by atoms with Crippen molar-refractivity contribution in [2.24, 2.45) is 0 Å². The SMILES string of the molecule is COCC(O)CCNCc1ccc(Br)cc1. The molecule has 0 radical (unpaired) electrons. The van der Waals surface area contributed by atoms with E-state index < -0.39 is 0 Å². The first-order valence-electron chi connectivity index (χ1n) is 5.34. The van der Waals surface area contributed by atoms with Gasteiger partial charge in [0.25, 0.3) is 0 Å². The van der Waals surface area contributed by atoms with E-state index in [0.29, 0.717) is 13.0 Å². The summed E-state index contributed by atoms with van der Waals surface area (Å²) in [4.78, 5) is 0. The first-order chi connectivity index (χ1) is 7.72. The maximum atomic E-state index is 9.41. The molecular weight excluding hydrogens is 270 g/mol. The van der Waals surface area contributed by atoms with Crippen molar-refractivity contribution in [3.8, 4) is 0 Å². The molecule has 90 valence electrons. The van der Waals surface area contributed by atoms with Gasteiger partial charge in [-0.3, -0.25) is 0 Å². The van der Waals surface area contributed by atoms with E-state index in [-0.39, 0.29) is 6.10 Å². The van der Waals surface area contributed by atoms with Gasteiger partial charge in [0, 0.05) is 18.1 Å². The Morgan fingerprint density at radius 2 is 2.06 bits per heavy atom. The minimum atomic E-state index is -0.373. The van der Waals surface area contributed by atoms with Crippen LogP contribution < -0.4 is 5.32 Å². The summed E-state index contributed by atoms with van der Waals surface area (Å²) in [5.74, 6) is 0. The Hall–Kier alpha value is -0.420. The summed E-state index contributed by atoms with van der Waals surface area (Å²) in [5.41, 5.74) is 1.24. The molecule has 0 aliphatic carbocycles. The van der Waals surface area contributed by atoms with Gasteiger partial charge in [0.15, 0.2) is 0 Å². The van der Waals surface area contributed by atoms with Gasteiger partial charge >= 0.3 is 0 Å². The van der Waals surface area contributed by atoms with E-state index in [1.165, 1.54) is 5.56 Å². The molecule has 1 aromatic rings. The van der Waals surface area contributed by atoms with E-state index in [4.69, 9.17) is 4.74 Å². The molecule has 2 N–H and O–H groups in total. The zero-order valence-corrected chi connectivity index (χ0v) is 11.0. The van der Waals surface area contributed by atoms with Gasteiger partial charge in [-0.05, 0) is 30.7 Å². The Kier molecular flexibility index (Phi) is 6.64. The van der Waals surface area contributed by atoms with E-state index in [1.807, 2.05) is 12.1 Å². The first kappa shape index (κ1) is 13.6. The smallest absolute Gasteiger partial charge is 0.0785 e. The van der Waals surface area contributed by atoms with Crippen LogP contribution in [-0.2, 0) is 11.3 Å². The Morgan fingerprint density at radius 1 is 1.38 bits per heavy atom. The van der Waals surface area contributed by atoms with Crippen molar-refractivity contribution < 1.29 is 9.84 Å². The largest absolute Gasteiger partial charge is 0.391 e. The molecule has 4 heteroatoms. The van der Waals surface area contributed by atoms with E-state index in [1.54, 1.807) is 7.11 Å². The van der Waals surface area contributed by atoms with Crippen molar-refractivity contribution in [1.29, 1.82) is 0 Å². The highest BCUT2D eigenvalue weighted by molar-refractivity contribution is 9.10. The number of hydrogen-bond donors (Lipinski definition) is 2. The normalized spacial score (nSPS) is 12.7. The van der Waals surface area contributed by atoms with Gasteiger partial charge in [-0.1, -0.05) is 28.1 Å². The molecule has 1 rings (SSSR count). The van der Waals surface area contributed by atoms with Crippen molar-refractivity contribution in [3.05, 3.63) is 34.3 Å². The molecule has 0 aliphatic heterocycles. The van der Waals surface area contributed by atoms with Crippen molar-refractivity contribution >= 4 is 15.9 Å². The zero-order valence-electron chi connectivity index (χ0n) is 9.45. The number of methoxy groups -OCH3 is 1. The van der Waals surface area contributed by atoms with E-state index >= 15 is 0 Å². The van der Waals surface area contributed by atoms with Crippen LogP contribution in [0.15, 0.2) is 28.7 Å². The van der Waals surface area contributed by atoms with Crippen LogP contribution in [0, 0.1) is 0 Å². The van der Waals surface area contributed by atoms with Crippen LogP contribution in [0.25, 0.3) is 0 Å². The lowest BCUT2D eigenvalue weighted by atomic mass is 10.2. The van der Waals surface area contributed by atoms with Crippen molar-refractivity contribution in [2.45, 2.75) is 19.1 Å². The third-order valence-electron chi connectivity index (χ3n) is 2.26. The molecule has 0 amide bonds. The van der Waals surface area contributed by atoms with Gasteiger partial charge in [-0.2, -0.15) is 0 Å². The van der Waals surface area contributed by atoms with Crippen LogP contribution in [-0.4, -0.2) is 31.5 Å². The Bertz CT molecular complexity index is 290. The summed E-state index contributed by atoms with van der Waals surface area (Å²) in [6.45, 7) is 2.02. The minimum Gasteiger partial charge on any atom is -0.391 e. The molecular formula is C12H18BrNO2. The number of benzene rings is 1. The van der Waals surface area contributed by atoms with E-state index in [9.17, 15) is 5.11 Å². The lowest BCUT2D eigenvalue weighted by molar-refractivity contribution is 0.0594. The predicted molar refractivity (Wildman–Crippen MR) is 68.3 cm³/mol. The summed E-state index contributed by atoms with van der Waals surface area (Å²) in [6, 6.07) is 8.19. The lowest BCUT2D eigenvalue weighted by Crippen LogP contribution is -2.22. The fourth-order valence-corrected chi connectivity index (χ4v) is 1.64. The minimum absolute atomic E-state index is 0.373. The number of hydrogen-bond acceptors (Lipinski definition) is 3. The monoisotopic (exact) mass is 287 g/mol. The fraction of sp³-hybridized carbons (Fsp3) is 0.500. The number of rotatable bonds is 7. The van der Waals surface area contributed by atoms with Gasteiger partial charge in [0.05, 0.1) is 12.7 Å². The number of nitrogens with one attached hydrogen (secondary N) is 1. The topological polar surface area (TPSA) is 41.5 Å². The van der Waals surface area contributed by atoms with Gasteiger partial charge < -0.3 is 15.2 Å². The molecule has 0 fully saturated rings. The van der Waals surface area contributed by atoms with Crippen molar-refractivity contribution in [1.82, 2.24) is 5.32 Å². The maximum Gasteiger partial charge on any atom is 0.0785 e. The number of aliphatic hydroxyl groups excluding tert-OH is 1. The van der Waals surface area contributed by atoms with Crippen LogP contribution in [0.2, 0.25) is 0 Å². The Balaban J connectivity index is 2.13. The maximum absolute atomic E-state index is 9.41. The molecule has 0 saturated carbocycles. The van der Waals surface area contributed by atoms with Gasteiger partial charge in [-0.25, -0.2) is 0 Å². The van der Waals surface area contributed by atoms with E-state index in [2.05, 4.69) is 33.4 Å². The summed E-state index contributed by atoms with van der Waals surface area (Å²) in [6.07, 6.45) is 0.340. The molecule has 3 nitrogen and oxygen atoms in total. The third kappa shape index (κ3) is 5.61. The molecule has 0 bridgehead atoms. The van der Waals surface area contributed by atoms with Crippen LogP contribution in [0.5, 0.6) is 0 Å². The molecule has 1 unspecified atom stereocenters. The number of aliphatic hydroxyl groups is 1. The van der Waals surface area contributed by atoms with Crippen LogP contribution >= 0.6 is 15.9 Å². The quantitative estimate of drug-likeness (QED) is 0.753. The average molecular weight is 288 g/mol. The highest BCUT2D eigenvalue weighted by atomic mass is 79.9. The summed E-state index contributed by atoms with van der Waals surface area (Å²) >= 11 is 3.40. The van der Waals surface area contributed by atoms with Gasteiger partial charge in [-0.15, -0.1) is 0 Å². The van der Waals surface area contributed by atoms with Gasteiger partial charge in [0.1, 0.15) is 0 Å². The molecule has 0 saturated heterocycles. The van der Waals surface area contributed by atoms with Crippen molar-refractivity contribution in [2.75, 3.05) is 20.3 Å². The molecule has 16 heavy (non-hydrogen) atoms. The second-order valence-electron chi connectivity index (χ2n) is 3.70. The third-order valence-corrected chi connectivity index (χ3v) is 2.78. The Morgan fingerprint density at radius 3 is 2.69 bits per heavy atom. The van der Waals surface area contributed by atoms with Gasteiger partial charge in [0.2, 0.25) is 0 Å². The second kappa shape index (κ2) is 7.79. The summed E-state index contributed by atoms with van der Waals surface area (Å²) < 4.78 is 5.94. The first-order valence-corrected chi connectivity index (χ1v) is 6.14. The summed E-state index contributed by atoms with van der Waals surface area (Å²) in [5, 5.41) is 12.7. The molecule has 0 aliphatic rings. The predicted octanol–water partition coefficient (Wildman–Crippen LogP) is 1.94. The molecule has 1 aromatic carbocycles. The van der Waals surface area contributed by atoms with Crippen LogP contribution in [0.3, 0.4) is 0 Å². The van der Waals surface area contributed by atoms with Crippen LogP contribution in [0.1, 0.15) is 12.0 Å². The highest BCUT2D eigenvalue weighted by Crippen LogP contribution is 2.10. The molecule has 0 aromatic heterocycles. The fourth-order valence-electron chi connectivity index (χ4n) is 1.38.